The van der Waals surface area contributed by atoms with Crippen molar-refractivity contribution in [3.05, 3.63) is 18.2 Å². The summed E-state index contributed by atoms with van der Waals surface area (Å²) >= 11 is 1.33. The summed E-state index contributed by atoms with van der Waals surface area (Å²) in [6.45, 7) is 0.383. The summed E-state index contributed by atoms with van der Waals surface area (Å²) in [6.07, 6.45) is 2.34. The summed E-state index contributed by atoms with van der Waals surface area (Å²) in [6, 6.07) is 4.81. The van der Waals surface area contributed by atoms with Crippen LogP contribution in [-0.4, -0.2) is 49.6 Å². The Bertz CT molecular complexity index is 847. The second-order valence-corrected chi connectivity index (χ2v) is 8.34. The van der Waals surface area contributed by atoms with Crippen LogP contribution in [0.3, 0.4) is 0 Å². The quantitative estimate of drug-likeness (QED) is 0.901. The third-order valence-corrected chi connectivity index (χ3v) is 5.98. The highest BCUT2D eigenvalue weighted by Gasteiger charge is 2.36. The van der Waals surface area contributed by atoms with E-state index in [4.69, 9.17) is 4.74 Å². The first-order valence-electron chi connectivity index (χ1n) is 7.11. The lowest BCUT2D eigenvalue weighted by molar-refractivity contribution is -0.119. The molecule has 1 fully saturated rings. The molecule has 0 bridgehead atoms. The smallest absolute Gasteiger partial charge is 0.244 e. The molecule has 1 aromatic carbocycles. The van der Waals surface area contributed by atoms with Gasteiger partial charge in [-0.2, -0.15) is 4.31 Å². The van der Waals surface area contributed by atoms with Crippen molar-refractivity contribution in [3.8, 4) is 5.75 Å². The van der Waals surface area contributed by atoms with Gasteiger partial charge >= 0.3 is 0 Å². The van der Waals surface area contributed by atoms with E-state index in [1.54, 1.807) is 13.2 Å². The first-order valence-corrected chi connectivity index (χ1v) is 9.77. The van der Waals surface area contributed by atoms with Crippen LogP contribution in [-0.2, 0) is 14.8 Å². The highest BCUT2D eigenvalue weighted by atomic mass is 32.2. The maximum atomic E-state index is 12.4. The van der Waals surface area contributed by atoms with Gasteiger partial charge in [0.2, 0.25) is 15.9 Å². The van der Waals surface area contributed by atoms with Crippen LogP contribution in [0.4, 0.5) is 5.13 Å². The van der Waals surface area contributed by atoms with Gasteiger partial charge < -0.3 is 10.1 Å². The van der Waals surface area contributed by atoms with Crippen LogP contribution in [0.2, 0.25) is 0 Å². The van der Waals surface area contributed by atoms with E-state index in [1.807, 2.05) is 12.1 Å². The molecule has 124 valence electrons. The van der Waals surface area contributed by atoms with E-state index in [0.717, 1.165) is 22.2 Å². The molecule has 1 unspecified atom stereocenters. The Labute approximate surface area is 138 Å². The van der Waals surface area contributed by atoms with E-state index in [2.05, 4.69) is 10.3 Å². The number of fused-ring (bicyclic) bond motifs is 1. The fourth-order valence-electron chi connectivity index (χ4n) is 2.67. The van der Waals surface area contributed by atoms with Crippen LogP contribution in [0.1, 0.15) is 12.8 Å². The molecular formula is C14H17N3O4S2. The number of thiazole rings is 1. The number of nitrogens with zero attached hydrogens (tertiary/aromatic N) is 2. The molecule has 7 nitrogen and oxygen atoms in total. The Morgan fingerprint density at radius 2 is 2.26 bits per heavy atom. The number of sulfonamides is 1. The average molecular weight is 355 g/mol. The zero-order valence-electron chi connectivity index (χ0n) is 12.8. The lowest BCUT2D eigenvalue weighted by Crippen LogP contribution is -2.42. The molecule has 0 aliphatic carbocycles. The van der Waals surface area contributed by atoms with Gasteiger partial charge in [-0.1, -0.05) is 11.3 Å². The maximum Gasteiger partial charge on any atom is 0.244 e. The van der Waals surface area contributed by atoms with E-state index in [9.17, 15) is 13.2 Å². The topological polar surface area (TPSA) is 88.6 Å². The van der Waals surface area contributed by atoms with Crippen LogP contribution in [0, 0.1) is 0 Å². The largest absolute Gasteiger partial charge is 0.497 e. The van der Waals surface area contributed by atoms with Gasteiger partial charge in [0, 0.05) is 6.54 Å². The Morgan fingerprint density at radius 3 is 2.96 bits per heavy atom. The number of anilines is 1. The van der Waals surface area contributed by atoms with Gasteiger partial charge in [0.25, 0.3) is 0 Å². The van der Waals surface area contributed by atoms with Crippen molar-refractivity contribution in [2.45, 2.75) is 18.9 Å². The predicted octanol–water partition coefficient (Wildman–Crippen LogP) is 1.67. The van der Waals surface area contributed by atoms with Crippen molar-refractivity contribution >= 4 is 42.6 Å². The van der Waals surface area contributed by atoms with Gasteiger partial charge in [0.1, 0.15) is 11.8 Å². The summed E-state index contributed by atoms with van der Waals surface area (Å²) in [5.41, 5.74) is 0.762. The van der Waals surface area contributed by atoms with Gasteiger partial charge in [-0.25, -0.2) is 13.4 Å². The van der Waals surface area contributed by atoms with Crippen molar-refractivity contribution in [3.63, 3.8) is 0 Å². The molecule has 2 heterocycles. The number of hydrogen-bond acceptors (Lipinski definition) is 6. The summed E-state index contributed by atoms with van der Waals surface area (Å²) in [5.74, 6) is 0.386. The number of benzene rings is 1. The van der Waals surface area contributed by atoms with Crippen LogP contribution >= 0.6 is 11.3 Å². The zero-order chi connectivity index (χ0) is 16.6. The van der Waals surface area contributed by atoms with Crippen LogP contribution in [0.25, 0.3) is 10.2 Å². The molecular weight excluding hydrogens is 338 g/mol. The van der Waals surface area contributed by atoms with Crippen molar-refractivity contribution in [1.29, 1.82) is 0 Å². The van der Waals surface area contributed by atoms with Gasteiger partial charge in [-0.05, 0) is 31.0 Å². The van der Waals surface area contributed by atoms with E-state index < -0.39 is 16.1 Å². The van der Waals surface area contributed by atoms with Crippen molar-refractivity contribution in [2.75, 3.05) is 25.2 Å². The molecule has 0 radical (unpaired) electrons. The predicted molar refractivity (Wildman–Crippen MR) is 89.4 cm³/mol. The lowest BCUT2D eigenvalue weighted by atomic mass is 10.2. The number of hydrogen-bond donors (Lipinski definition) is 1. The zero-order valence-corrected chi connectivity index (χ0v) is 14.4. The summed E-state index contributed by atoms with van der Waals surface area (Å²) in [7, 11) is -1.80. The third kappa shape index (κ3) is 3.31. The molecule has 1 amide bonds. The van der Waals surface area contributed by atoms with Gasteiger partial charge in [0.15, 0.2) is 5.13 Å². The third-order valence-electron chi connectivity index (χ3n) is 3.76. The van der Waals surface area contributed by atoms with Crippen LogP contribution in [0.5, 0.6) is 5.75 Å². The molecule has 1 atom stereocenters. The van der Waals surface area contributed by atoms with E-state index in [1.165, 1.54) is 15.6 Å². The molecule has 3 rings (SSSR count). The van der Waals surface area contributed by atoms with Crippen molar-refractivity contribution < 1.29 is 17.9 Å². The maximum absolute atomic E-state index is 12.4. The monoisotopic (exact) mass is 355 g/mol. The number of carbonyl (C=O) groups is 1. The standard InChI is InChI=1S/C14H17N3O4S2/c1-21-9-5-6-10-12(8-9)22-14(15-10)16-13(18)11-4-3-7-17(11)23(2,19)20/h5-6,8,11H,3-4,7H2,1-2H3,(H,15,16,18). The number of ether oxygens (including phenoxy) is 1. The van der Waals surface area contributed by atoms with Crippen molar-refractivity contribution in [2.24, 2.45) is 0 Å². The molecule has 2 aromatic rings. The fourth-order valence-corrected chi connectivity index (χ4v) is 4.69. The number of aromatic nitrogens is 1. The van der Waals surface area contributed by atoms with Crippen LogP contribution in [0.15, 0.2) is 18.2 Å². The minimum absolute atomic E-state index is 0.334. The molecule has 1 aromatic heterocycles. The summed E-state index contributed by atoms with van der Waals surface area (Å²) in [5, 5.41) is 3.19. The van der Waals surface area contributed by atoms with Gasteiger partial charge in [-0.3, -0.25) is 4.79 Å². The molecule has 1 N–H and O–H groups in total. The molecule has 1 aliphatic rings. The Balaban J connectivity index is 1.80. The number of methoxy groups -OCH3 is 1. The number of carbonyl (C=O) groups excluding carboxylic acids is 1. The number of nitrogens with one attached hydrogen (secondary N) is 1. The summed E-state index contributed by atoms with van der Waals surface area (Å²) < 4.78 is 30.8. The molecule has 0 spiro atoms. The Morgan fingerprint density at radius 1 is 1.48 bits per heavy atom. The molecule has 9 heteroatoms. The number of rotatable bonds is 4. The molecule has 1 saturated heterocycles. The highest BCUT2D eigenvalue weighted by Crippen LogP contribution is 2.30. The minimum Gasteiger partial charge on any atom is -0.497 e. The van der Waals surface area contributed by atoms with E-state index in [0.29, 0.717) is 24.5 Å². The first-order chi connectivity index (χ1) is 10.9. The molecule has 0 saturated carbocycles. The van der Waals surface area contributed by atoms with Gasteiger partial charge in [-0.15, -0.1) is 0 Å². The number of amides is 1. The second kappa shape index (κ2) is 6.06. The fraction of sp³-hybridized carbons (Fsp3) is 0.429. The van der Waals surface area contributed by atoms with E-state index >= 15 is 0 Å². The lowest BCUT2D eigenvalue weighted by Gasteiger charge is -2.20. The van der Waals surface area contributed by atoms with Gasteiger partial charge in [0.05, 0.1) is 23.6 Å². The first kappa shape index (κ1) is 16.2. The SMILES string of the molecule is COc1ccc2nc(NC(=O)C3CCCN3S(C)(=O)=O)sc2c1. The van der Waals surface area contributed by atoms with Crippen molar-refractivity contribution in [1.82, 2.24) is 9.29 Å². The minimum atomic E-state index is -3.38. The Kier molecular flexibility index (Phi) is 4.26. The molecule has 23 heavy (non-hydrogen) atoms. The summed E-state index contributed by atoms with van der Waals surface area (Å²) in [4.78, 5) is 16.7. The second-order valence-electron chi connectivity index (χ2n) is 5.37. The van der Waals surface area contributed by atoms with E-state index in [-0.39, 0.29) is 5.91 Å². The average Bonchev–Trinajstić information content (AvgIpc) is 3.11. The van der Waals surface area contributed by atoms with Crippen LogP contribution < -0.4 is 10.1 Å². The normalized spacial score (nSPS) is 19.1. The molecule has 1 aliphatic heterocycles. The Hall–Kier alpha value is -1.71. The highest BCUT2D eigenvalue weighted by molar-refractivity contribution is 7.88.